The summed E-state index contributed by atoms with van der Waals surface area (Å²) in [6, 6.07) is 4.57. The minimum absolute atomic E-state index is 0.0158. The van der Waals surface area contributed by atoms with E-state index in [2.05, 4.69) is 0 Å². The Kier molecular flexibility index (Phi) is 11.4. The molecule has 2 aliphatic rings. The van der Waals surface area contributed by atoms with E-state index in [9.17, 15) is 45.1 Å². The second kappa shape index (κ2) is 14.9. The third-order valence-corrected chi connectivity index (χ3v) is 8.23. The van der Waals surface area contributed by atoms with Crippen LogP contribution in [0, 0.1) is 5.82 Å². The fourth-order valence-electron chi connectivity index (χ4n) is 6.01. The molecule has 258 valence electrons. The van der Waals surface area contributed by atoms with E-state index in [-0.39, 0.29) is 38.5 Å². The average molecular weight is 676 g/mol. The number of carbonyl (C=O) groups is 3. The minimum atomic E-state index is -5.09. The lowest BCUT2D eigenvalue weighted by Crippen LogP contribution is -2.73. The van der Waals surface area contributed by atoms with Crippen LogP contribution < -0.4 is 11.5 Å². The molecule has 2 aromatic carbocycles. The number of halogens is 7. The van der Waals surface area contributed by atoms with Crippen LogP contribution in [0.5, 0.6) is 0 Å². The number of hydrogen-bond donors (Lipinski definition) is 2. The van der Waals surface area contributed by atoms with Gasteiger partial charge in [-0.15, -0.1) is 0 Å². The van der Waals surface area contributed by atoms with Crippen molar-refractivity contribution < 1.29 is 49.9 Å². The molecule has 0 radical (unpaired) electrons. The molecule has 0 bridgehead atoms. The van der Waals surface area contributed by atoms with Crippen LogP contribution in [0.25, 0.3) is 0 Å². The number of carbonyl (C=O) groups excluding carboxylic acids is 3. The summed E-state index contributed by atoms with van der Waals surface area (Å²) in [5, 5.41) is 0. The Hall–Kier alpha value is -3.92. The van der Waals surface area contributed by atoms with Crippen molar-refractivity contribution >= 4 is 17.9 Å². The van der Waals surface area contributed by atoms with Crippen LogP contribution in [0.15, 0.2) is 42.5 Å². The van der Waals surface area contributed by atoms with Crippen molar-refractivity contribution in [3.8, 4) is 0 Å². The van der Waals surface area contributed by atoms with Crippen LogP contribution in [0.3, 0.4) is 0 Å². The number of unbranched alkanes of at least 4 members (excludes halogenated alkanes) is 1. The van der Waals surface area contributed by atoms with E-state index in [1.165, 1.54) is 39.0 Å². The van der Waals surface area contributed by atoms with E-state index < -0.39 is 77.6 Å². The Morgan fingerprint density at radius 3 is 2.04 bits per heavy atom. The molecule has 16 heteroatoms. The maximum Gasteiger partial charge on any atom is 0.416 e. The summed E-state index contributed by atoms with van der Waals surface area (Å²) in [4.78, 5) is 45.0. The molecule has 4 rings (SSSR count). The topological polar surface area (TPSA) is 122 Å². The maximum absolute atomic E-state index is 13.8. The van der Waals surface area contributed by atoms with E-state index in [4.69, 9.17) is 16.2 Å². The minimum Gasteiger partial charge on any atom is -0.444 e. The molecule has 0 aliphatic carbocycles. The highest BCUT2D eigenvalue weighted by atomic mass is 19.4. The SMILES string of the molecule is NCCCCC1CC(=O)N2C(CN(Cc3ccc(F)cc3)C(=O)[C@@H]2CCCN)N1C(=O)OCc1cc(C(F)(F)F)cc(C(F)(F)F)c1. The van der Waals surface area contributed by atoms with Crippen molar-refractivity contribution in [2.24, 2.45) is 11.5 Å². The molecule has 2 fully saturated rings. The summed E-state index contributed by atoms with van der Waals surface area (Å²) in [5.41, 5.74) is 8.26. The number of fused-ring (bicyclic) bond motifs is 1. The van der Waals surface area contributed by atoms with Gasteiger partial charge in [-0.05, 0) is 80.2 Å². The first-order chi connectivity index (χ1) is 22.1. The molecule has 0 saturated carbocycles. The molecule has 2 aromatic rings. The highest BCUT2D eigenvalue weighted by Gasteiger charge is 2.51. The molecular weight excluding hydrogens is 639 g/mol. The lowest BCUT2D eigenvalue weighted by molar-refractivity contribution is -0.173. The van der Waals surface area contributed by atoms with Gasteiger partial charge in [0, 0.05) is 19.0 Å². The van der Waals surface area contributed by atoms with Crippen molar-refractivity contribution in [3.63, 3.8) is 0 Å². The number of hydrogen-bond acceptors (Lipinski definition) is 6. The standard InChI is InChI=1S/C31H36F7N5O4/c32-23-8-6-19(7-9-23)16-41-17-26-42(24(4-1-2-10-39)15-27(44)43(26)25(28(41)45)5-3-11-40)29(46)47-18-20-12-21(30(33,34)35)14-22(13-20)31(36,37)38/h6-9,12-14,24-26H,1-5,10-11,15-18,39-40H2/t24?,25-,26?/m0/s1. The van der Waals surface area contributed by atoms with Crippen molar-refractivity contribution in [1.82, 2.24) is 14.7 Å². The molecule has 0 aromatic heterocycles. The fourth-order valence-corrected chi connectivity index (χ4v) is 6.01. The van der Waals surface area contributed by atoms with Gasteiger partial charge in [-0.1, -0.05) is 18.6 Å². The Morgan fingerprint density at radius 2 is 1.47 bits per heavy atom. The predicted octanol–water partition coefficient (Wildman–Crippen LogP) is 5.01. The third kappa shape index (κ3) is 8.71. The van der Waals surface area contributed by atoms with E-state index in [0.29, 0.717) is 49.9 Å². The first kappa shape index (κ1) is 35.9. The number of benzene rings is 2. The Labute approximate surface area is 266 Å². The molecule has 47 heavy (non-hydrogen) atoms. The number of rotatable bonds is 11. The van der Waals surface area contributed by atoms with Crippen LogP contribution in [0.4, 0.5) is 35.5 Å². The molecule has 2 aliphatic heterocycles. The molecule has 3 atom stereocenters. The maximum atomic E-state index is 13.8. The van der Waals surface area contributed by atoms with Gasteiger partial charge in [-0.3, -0.25) is 14.5 Å². The molecule has 2 saturated heterocycles. The van der Waals surface area contributed by atoms with Gasteiger partial charge >= 0.3 is 18.4 Å². The Morgan fingerprint density at radius 1 is 0.851 bits per heavy atom. The van der Waals surface area contributed by atoms with Gasteiger partial charge in [0.05, 0.1) is 17.7 Å². The van der Waals surface area contributed by atoms with Gasteiger partial charge in [-0.2, -0.15) is 26.3 Å². The number of alkyl halides is 6. The number of ether oxygens (including phenoxy) is 1. The largest absolute Gasteiger partial charge is 0.444 e. The lowest BCUT2D eigenvalue weighted by Gasteiger charge is -2.54. The molecule has 4 N–H and O–H groups in total. The zero-order valence-corrected chi connectivity index (χ0v) is 25.3. The van der Waals surface area contributed by atoms with Crippen molar-refractivity contribution in [2.45, 2.75) is 82.3 Å². The van der Waals surface area contributed by atoms with E-state index in [1.807, 2.05) is 0 Å². The molecule has 3 amide bonds. The monoisotopic (exact) mass is 675 g/mol. The Balaban J connectivity index is 1.68. The molecule has 0 spiro atoms. The Bertz CT molecular complexity index is 1390. The van der Waals surface area contributed by atoms with Gasteiger partial charge in [0.2, 0.25) is 11.8 Å². The summed E-state index contributed by atoms with van der Waals surface area (Å²) >= 11 is 0. The summed E-state index contributed by atoms with van der Waals surface area (Å²) in [7, 11) is 0. The molecule has 2 unspecified atom stereocenters. The fraction of sp³-hybridized carbons (Fsp3) is 0.516. The molecule has 2 heterocycles. The van der Waals surface area contributed by atoms with E-state index in [0.717, 1.165) is 0 Å². The highest BCUT2D eigenvalue weighted by molar-refractivity contribution is 5.91. The third-order valence-electron chi connectivity index (χ3n) is 8.23. The van der Waals surface area contributed by atoms with Crippen molar-refractivity contribution in [1.29, 1.82) is 0 Å². The predicted molar refractivity (Wildman–Crippen MR) is 154 cm³/mol. The van der Waals surface area contributed by atoms with Crippen LogP contribution >= 0.6 is 0 Å². The normalized spacial score (nSPS) is 20.4. The van der Waals surface area contributed by atoms with E-state index in [1.54, 1.807) is 0 Å². The second-order valence-corrected chi connectivity index (χ2v) is 11.6. The van der Waals surface area contributed by atoms with Gasteiger partial charge in [-0.25, -0.2) is 9.18 Å². The summed E-state index contributed by atoms with van der Waals surface area (Å²) in [6.07, 6.45) is -10.6. The number of amides is 3. The zero-order valence-electron chi connectivity index (χ0n) is 25.3. The summed E-state index contributed by atoms with van der Waals surface area (Å²) in [6.45, 7) is -0.543. The van der Waals surface area contributed by atoms with Crippen LogP contribution in [-0.4, -0.2) is 70.5 Å². The number of piperazine rings is 1. The first-order valence-electron chi connectivity index (χ1n) is 15.1. The van der Waals surface area contributed by atoms with Crippen LogP contribution in [0.1, 0.15) is 60.8 Å². The van der Waals surface area contributed by atoms with Gasteiger partial charge < -0.3 is 26.0 Å². The van der Waals surface area contributed by atoms with Crippen LogP contribution in [-0.2, 0) is 39.8 Å². The average Bonchev–Trinajstić information content (AvgIpc) is 3.00. The second-order valence-electron chi connectivity index (χ2n) is 11.6. The quantitative estimate of drug-likeness (QED) is 0.255. The van der Waals surface area contributed by atoms with Gasteiger partial charge in [0.15, 0.2) is 0 Å². The van der Waals surface area contributed by atoms with Gasteiger partial charge in [0.1, 0.15) is 24.6 Å². The van der Waals surface area contributed by atoms with Gasteiger partial charge in [0.25, 0.3) is 0 Å². The van der Waals surface area contributed by atoms with Crippen molar-refractivity contribution in [3.05, 3.63) is 70.5 Å². The van der Waals surface area contributed by atoms with E-state index >= 15 is 0 Å². The zero-order chi connectivity index (χ0) is 34.5. The first-order valence-corrected chi connectivity index (χ1v) is 15.1. The van der Waals surface area contributed by atoms with Crippen LogP contribution in [0.2, 0.25) is 0 Å². The lowest BCUT2D eigenvalue weighted by atomic mass is 9.94. The smallest absolute Gasteiger partial charge is 0.416 e. The number of nitrogens with zero attached hydrogens (tertiary/aromatic N) is 3. The molecular formula is C31H36F7N5O4. The van der Waals surface area contributed by atoms with Crippen molar-refractivity contribution in [2.75, 3.05) is 19.6 Å². The molecule has 9 nitrogen and oxygen atoms in total. The highest BCUT2D eigenvalue weighted by Crippen LogP contribution is 2.37. The summed E-state index contributed by atoms with van der Waals surface area (Å²) in [5.74, 6) is -1.30. The number of nitrogens with two attached hydrogens (primary N) is 2. The summed E-state index contributed by atoms with van der Waals surface area (Å²) < 4.78 is 99.5.